The number of anilines is 1. The van der Waals surface area contributed by atoms with Gasteiger partial charge in [0.05, 0.1) is 35.5 Å². The molecule has 0 radical (unpaired) electrons. The second kappa shape index (κ2) is 7.81. The highest BCUT2D eigenvalue weighted by Crippen LogP contribution is 2.33. The summed E-state index contributed by atoms with van der Waals surface area (Å²) >= 11 is 1.33. The standard InChI is InChI=1S/C20H18F2N2O3S/c1-26-13-5-7-18-17(10-13)23-20(28-18)24(11-14-3-2-8-27-14)19(25)15-6-4-12(21)9-16(15)22/h4-7,9-10,14H,2-3,8,11H2,1H3. The van der Waals surface area contributed by atoms with Crippen LogP contribution in [0.3, 0.4) is 0 Å². The average molecular weight is 404 g/mol. The van der Waals surface area contributed by atoms with Crippen molar-refractivity contribution in [1.29, 1.82) is 0 Å². The highest BCUT2D eigenvalue weighted by molar-refractivity contribution is 7.22. The number of nitrogens with zero attached hydrogens (tertiary/aromatic N) is 2. The molecule has 1 aromatic heterocycles. The van der Waals surface area contributed by atoms with Gasteiger partial charge in [0, 0.05) is 18.7 Å². The van der Waals surface area contributed by atoms with Crippen molar-refractivity contribution in [3.8, 4) is 5.75 Å². The van der Waals surface area contributed by atoms with Crippen LogP contribution in [0.25, 0.3) is 10.2 Å². The Labute approximate surface area is 164 Å². The Hall–Kier alpha value is -2.58. The number of aromatic nitrogens is 1. The fraction of sp³-hybridized carbons (Fsp3) is 0.300. The predicted octanol–water partition coefficient (Wildman–Crippen LogP) is 4.41. The zero-order valence-electron chi connectivity index (χ0n) is 15.2. The molecule has 2 aromatic carbocycles. The monoisotopic (exact) mass is 404 g/mol. The van der Waals surface area contributed by atoms with E-state index in [9.17, 15) is 13.6 Å². The molecule has 0 aliphatic carbocycles. The van der Waals surface area contributed by atoms with Crippen molar-refractivity contribution in [3.05, 3.63) is 53.6 Å². The van der Waals surface area contributed by atoms with E-state index in [0.717, 1.165) is 29.7 Å². The summed E-state index contributed by atoms with van der Waals surface area (Å²) in [5.74, 6) is -1.54. The molecule has 0 bridgehead atoms. The predicted molar refractivity (Wildman–Crippen MR) is 103 cm³/mol. The van der Waals surface area contributed by atoms with Gasteiger partial charge in [0.15, 0.2) is 5.13 Å². The van der Waals surface area contributed by atoms with Gasteiger partial charge in [-0.15, -0.1) is 0 Å². The van der Waals surface area contributed by atoms with E-state index in [1.807, 2.05) is 12.1 Å². The van der Waals surface area contributed by atoms with Gasteiger partial charge >= 0.3 is 0 Å². The molecule has 28 heavy (non-hydrogen) atoms. The number of thiazole rings is 1. The Bertz CT molecular complexity index is 1020. The summed E-state index contributed by atoms with van der Waals surface area (Å²) < 4.78 is 39.3. The maximum absolute atomic E-state index is 14.2. The third-order valence-electron chi connectivity index (χ3n) is 4.63. The molecular weight excluding hydrogens is 386 g/mol. The fourth-order valence-corrected chi connectivity index (χ4v) is 4.14. The van der Waals surface area contributed by atoms with Gasteiger partial charge in [-0.1, -0.05) is 11.3 Å². The SMILES string of the molecule is COc1ccc2sc(N(CC3CCCO3)C(=O)c3ccc(F)cc3F)nc2c1. The second-order valence-electron chi connectivity index (χ2n) is 6.51. The number of ether oxygens (including phenoxy) is 2. The summed E-state index contributed by atoms with van der Waals surface area (Å²) in [5.41, 5.74) is 0.486. The Balaban J connectivity index is 1.73. The van der Waals surface area contributed by atoms with E-state index in [2.05, 4.69) is 4.98 Å². The first-order valence-electron chi connectivity index (χ1n) is 8.88. The number of rotatable bonds is 5. The van der Waals surface area contributed by atoms with Crippen molar-refractivity contribution in [3.63, 3.8) is 0 Å². The van der Waals surface area contributed by atoms with Crippen molar-refractivity contribution < 1.29 is 23.0 Å². The first-order valence-corrected chi connectivity index (χ1v) is 9.70. The summed E-state index contributed by atoms with van der Waals surface area (Å²) in [6.07, 6.45) is 1.58. The van der Waals surface area contributed by atoms with Crippen molar-refractivity contribution >= 4 is 32.6 Å². The lowest BCUT2D eigenvalue weighted by atomic mass is 10.1. The lowest BCUT2D eigenvalue weighted by molar-refractivity contribution is 0.0914. The van der Waals surface area contributed by atoms with Gasteiger partial charge in [0.2, 0.25) is 0 Å². The minimum absolute atomic E-state index is 0.144. The van der Waals surface area contributed by atoms with Crippen LogP contribution in [-0.2, 0) is 4.74 Å². The largest absolute Gasteiger partial charge is 0.497 e. The number of hydrogen-bond donors (Lipinski definition) is 0. The number of fused-ring (bicyclic) bond motifs is 1. The van der Waals surface area contributed by atoms with Crippen LogP contribution in [0.5, 0.6) is 5.75 Å². The highest BCUT2D eigenvalue weighted by Gasteiger charge is 2.28. The highest BCUT2D eigenvalue weighted by atomic mass is 32.1. The molecule has 1 atom stereocenters. The first-order chi connectivity index (χ1) is 13.5. The minimum atomic E-state index is -0.898. The number of carbonyl (C=O) groups is 1. The molecule has 0 saturated carbocycles. The van der Waals surface area contributed by atoms with Crippen LogP contribution in [0.2, 0.25) is 0 Å². The van der Waals surface area contributed by atoms with E-state index in [0.29, 0.717) is 29.1 Å². The molecule has 0 N–H and O–H groups in total. The van der Waals surface area contributed by atoms with Crippen molar-refractivity contribution in [1.82, 2.24) is 4.98 Å². The zero-order chi connectivity index (χ0) is 19.7. The average Bonchev–Trinajstić information content (AvgIpc) is 3.34. The Morgan fingerprint density at radius 1 is 1.32 bits per heavy atom. The smallest absolute Gasteiger partial charge is 0.263 e. The lowest BCUT2D eigenvalue weighted by Gasteiger charge is -2.23. The molecule has 1 unspecified atom stereocenters. The maximum Gasteiger partial charge on any atom is 0.263 e. The van der Waals surface area contributed by atoms with Crippen LogP contribution in [0.15, 0.2) is 36.4 Å². The van der Waals surface area contributed by atoms with E-state index >= 15 is 0 Å². The van der Waals surface area contributed by atoms with E-state index in [4.69, 9.17) is 9.47 Å². The molecule has 1 aliphatic heterocycles. The third kappa shape index (κ3) is 3.70. The van der Waals surface area contributed by atoms with E-state index in [-0.39, 0.29) is 18.2 Å². The van der Waals surface area contributed by atoms with E-state index in [1.54, 1.807) is 13.2 Å². The van der Waals surface area contributed by atoms with Crippen LogP contribution in [0.1, 0.15) is 23.2 Å². The van der Waals surface area contributed by atoms with Gasteiger partial charge in [-0.25, -0.2) is 13.8 Å². The molecule has 1 aliphatic rings. The summed E-state index contributed by atoms with van der Waals surface area (Å²) in [7, 11) is 1.57. The molecule has 2 heterocycles. The van der Waals surface area contributed by atoms with Gasteiger partial charge in [-0.2, -0.15) is 0 Å². The molecule has 0 spiro atoms. The first kappa shape index (κ1) is 18.8. The molecule has 1 fully saturated rings. The van der Waals surface area contributed by atoms with Crippen molar-refractivity contribution in [2.24, 2.45) is 0 Å². The number of methoxy groups -OCH3 is 1. The number of benzene rings is 2. The molecule has 8 heteroatoms. The topological polar surface area (TPSA) is 51.7 Å². The van der Waals surface area contributed by atoms with E-state index in [1.165, 1.54) is 16.2 Å². The van der Waals surface area contributed by atoms with Gasteiger partial charge in [-0.3, -0.25) is 9.69 Å². The number of amides is 1. The molecule has 1 saturated heterocycles. The fourth-order valence-electron chi connectivity index (χ4n) is 3.19. The Kier molecular flexibility index (Phi) is 5.23. The summed E-state index contributed by atoms with van der Waals surface area (Å²) in [5, 5.41) is 0.437. The quantitative estimate of drug-likeness (QED) is 0.632. The molecular formula is C20H18F2N2O3S. The van der Waals surface area contributed by atoms with Gasteiger partial charge in [-0.05, 0) is 37.1 Å². The summed E-state index contributed by atoms with van der Waals surface area (Å²) in [6.45, 7) is 0.890. The minimum Gasteiger partial charge on any atom is -0.497 e. The molecule has 5 nitrogen and oxygen atoms in total. The second-order valence-corrected chi connectivity index (χ2v) is 7.51. The van der Waals surface area contributed by atoms with Crippen LogP contribution in [0.4, 0.5) is 13.9 Å². The maximum atomic E-state index is 14.2. The van der Waals surface area contributed by atoms with Crippen LogP contribution in [-0.4, -0.2) is 37.3 Å². The van der Waals surface area contributed by atoms with Crippen molar-refractivity contribution in [2.75, 3.05) is 25.2 Å². The number of halogens is 2. The van der Waals surface area contributed by atoms with E-state index < -0.39 is 17.5 Å². The van der Waals surface area contributed by atoms with Crippen LogP contribution in [0, 0.1) is 11.6 Å². The molecule has 4 rings (SSSR count). The summed E-state index contributed by atoms with van der Waals surface area (Å²) in [4.78, 5) is 19.1. The molecule has 1 amide bonds. The molecule has 146 valence electrons. The van der Waals surface area contributed by atoms with Gasteiger partial charge in [0.25, 0.3) is 5.91 Å². The number of carbonyl (C=O) groups excluding carboxylic acids is 1. The molecule has 3 aromatic rings. The Morgan fingerprint density at radius 3 is 2.89 bits per heavy atom. The van der Waals surface area contributed by atoms with Crippen molar-refractivity contribution in [2.45, 2.75) is 18.9 Å². The Morgan fingerprint density at radius 2 is 2.18 bits per heavy atom. The van der Waals surface area contributed by atoms with Gasteiger partial charge < -0.3 is 9.47 Å². The van der Waals surface area contributed by atoms with Crippen LogP contribution >= 0.6 is 11.3 Å². The lowest BCUT2D eigenvalue weighted by Crippen LogP contribution is -2.38. The zero-order valence-corrected chi connectivity index (χ0v) is 16.0. The van der Waals surface area contributed by atoms with Gasteiger partial charge in [0.1, 0.15) is 17.4 Å². The third-order valence-corrected chi connectivity index (χ3v) is 5.69. The van der Waals surface area contributed by atoms with Crippen LogP contribution < -0.4 is 9.64 Å². The summed E-state index contributed by atoms with van der Waals surface area (Å²) in [6, 6.07) is 8.40. The number of hydrogen-bond acceptors (Lipinski definition) is 5. The normalized spacial score (nSPS) is 16.5.